The van der Waals surface area contributed by atoms with Crippen molar-refractivity contribution in [1.82, 2.24) is 0 Å². The molecule has 0 bridgehead atoms. The summed E-state index contributed by atoms with van der Waals surface area (Å²) in [6, 6.07) is 42.4. The van der Waals surface area contributed by atoms with Crippen molar-refractivity contribution in [1.29, 1.82) is 0 Å². The molecule has 0 heterocycles. The number of rotatable bonds is 4. The van der Waals surface area contributed by atoms with Gasteiger partial charge < -0.3 is 0 Å². The molecule has 8 rings (SSSR count). The van der Waals surface area contributed by atoms with Crippen molar-refractivity contribution in [2.24, 2.45) is 0 Å². The molecule has 0 heteroatoms. The maximum absolute atomic E-state index is 2.46. The predicted octanol–water partition coefficient (Wildman–Crippen LogP) is 13.7. The highest BCUT2D eigenvalue weighted by molar-refractivity contribution is 6.32. The van der Waals surface area contributed by atoms with Crippen LogP contribution in [0, 0.1) is 55.4 Å². The van der Waals surface area contributed by atoms with Gasteiger partial charge in [-0.05, 0) is 144 Å². The van der Waals surface area contributed by atoms with Crippen molar-refractivity contribution < 1.29 is 0 Å². The Bertz CT molecular complexity index is 2140. The Morgan fingerprint density at radius 3 is 0.604 bits per heavy atom. The van der Waals surface area contributed by atoms with Crippen LogP contribution in [0.3, 0.4) is 0 Å². The quantitative estimate of drug-likeness (QED) is 0.172. The van der Waals surface area contributed by atoms with Crippen LogP contribution < -0.4 is 0 Å². The largest absolute Gasteiger partial charge is 0.0563 e. The zero-order chi connectivity index (χ0) is 33.4. The Labute approximate surface area is 285 Å². The van der Waals surface area contributed by atoms with E-state index in [1.807, 2.05) is 0 Å². The highest BCUT2D eigenvalue weighted by Gasteiger charge is 2.21. The fourth-order valence-corrected chi connectivity index (χ4v) is 8.47. The van der Waals surface area contributed by atoms with Crippen molar-refractivity contribution in [3.63, 3.8) is 0 Å². The van der Waals surface area contributed by atoms with E-state index in [0.717, 1.165) is 0 Å². The standard InChI is InChI=1S/C48H42/c1-27-13-28(2)18-35(17-27)43-25-44(36-19-29(3)14-30(4)20-36)40-11-12-42-46(38-23-33(7)16-34(8)24-38)26-45(37-21-31(5)15-32(6)22-37)41-10-9-39(43)47(40)48(41)42/h9-26H,1-8H3. The Morgan fingerprint density at radius 2 is 0.417 bits per heavy atom. The molecular formula is C48H42. The summed E-state index contributed by atoms with van der Waals surface area (Å²) in [5, 5.41) is 7.95. The topological polar surface area (TPSA) is 0 Å². The summed E-state index contributed by atoms with van der Waals surface area (Å²) >= 11 is 0. The van der Waals surface area contributed by atoms with E-state index >= 15 is 0 Å². The van der Waals surface area contributed by atoms with Gasteiger partial charge in [0, 0.05) is 0 Å². The molecule has 8 aromatic rings. The molecule has 0 saturated carbocycles. The fraction of sp³-hybridized carbons (Fsp3) is 0.167. The molecule has 0 aliphatic carbocycles. The summed E-state index contributed by atoms with van der Waals surface area (Å²) in [5.41, 5.74) is 20.6. The highest BCUT2D eigenvalue weighted by atomic mass is 14.2. The Morgan fingerprint density at radius 1 is 0.229 bits per heavy atom. The lowest BCUT2D eigenvalue weighted by atomic mass is 9.81. The van der Waals surface area contributed by atoms with Crippen LogP contribution in [-0.2, 0) is 0 Å². The van der Waals surface area contributed by atoms with Gasteiger partial charge in [-0.15, -0.1) is 0 Å². The van der Waals surface area contributed by atoms with Crippen molar-refractivity contribution >= 4 is 32.3 Å². The second-order valence-electron chi connectivity index (χ2n) is 14.5. The van der Waals surface area contributed by atoms with E-state index in [2.05, 4.69) is 165 Å². The van der Waals surface area contributed by atoms with Gasteiger partial charge in [0.15, 0.2) is 0 Å². The van der Waals surface area contributed by atoms with Crippen LogP contribution in [0.5, 0.6) is 0 Å². The van der Waals surface area contributed by atoms with E-state index in [9.17, 15) is 0 Å². The second-order valence-corrected chi connectivity index (χ2v) is 14.5. The first-order chi connectivity index (χ1) is 23.0. The SMILES string of the molecule is Cc1cc(C)cc(-c2cc(-c3cc(C)cc(C)c3)c3ccc4c(-c5cc(C)cc(C)c5)cc(-c5cc(C)cc(C)c5)c5ccc2c3c54)c1. The van der Waals surface area contributed by atoms with Crippen molar-refractivity contribution in [2.75, 3.05) is 0 Å². The zero-order valence-electron chi connectivity index (χ0n) is 29.4. The third-order valence-corrected chi connectivity index (χ3v) is 10.0. The average molecular weight is 619 g/mol. The summed E-state index contributed by atoms with van der Waals surface area (Å²) in [5.74, 6) is 0. The summed E-state index contributed by atoms with van der Waals surface area (Å²) in [7, 11) is 0. The lowest BCUT2D eigenvalue weighted by molar-refractivity contribution is 1.38. The molecule has 234 valence electrons. The van der Waals surface area contributed by atoms with E-state index in [4.69, 9.17) is 0 Å². The van der Waals surface area contributed by atoms with Gasteiger partial charge in [0.25, 0.3) is 0 Å². The van der Waals surface area contributed by atoms with Gasteiger partial charge in [0.2, 0.25) is 0 Å². The maximum atomic E-state index is 2.46. The molecular weight excluding hydrogens is 577 g/mol. The minimum atomic E-state index is 1.28. The molecule has 0 aliphatic rings. The number of aryl methyl sites for hydroxylation is 8. The van der Waals surface area contributed by atoms with Gasteiger partial charge in [-0.3, -0.25) is 0 Å². The summed E-state index contributed by atoms with van der Waals surface area (Å²) in [6.07, 6.45) is 0. The summed E-state index contributed by atoms with van der Waals surface area (Å²) in [6.45, 7) is 17.7. The first-order valence-corrected chi connectivity index (χ1v) is 17.2. The summed E-state index contributed by atoms with van der Waals surface area (Å²) < 4.78 is 0. The number of hydrogen-bond acceptors (Lipinski definition) is 0. The van der Waals surface area contributed by atoms with Crippen LogP contribution >= 0.6 is 0 Å². The molecule has 0 aliphatic heterocycles. The molecule has 0 N–H and O–H groups in total. The van der Waals surface area contributed by atoms with Gasteiger partial charge in [-0.2, -0.15) is 0 Å². The van der Waals surface area contributed by atoms with Crippen molar-refractivity contribution in [3.8, 4) is 44.5 Å². The molecule has 0 aromatic heterocycles. The van der Waals surface area contributed by atoms with Gasteiger partial charge >= 0.3 is 0 Å². The van der Waals surface area contributed by atoms with Gasteiger partial charge in [0.1, 0.15) is 0 Å². The van der Waals surface area contributed by atoms with E-state index in [1.54, 1.807) is 0 Å². The minimum Gasteiger partial charge on any atom is -0.0563 e. The highest BCUT2D eigenvalue weighted by Crippen LogP contribution is 2.49. The van der Waals surface area contributed by atoms with Crippen molar-refractivity contribution in [2.45, 2.75) is 55.4 Å². The zero-order valence-corrected chi connectivity index (χ0v) is 29.4. The van der Waals surface area contributed by atoms with Crippen LogP contribution in [0.1, 0.15) is 44.5 Å². The monoisotopic (exact) mass is 618 g/mol. The third-order valence-electron chi connectivity index (χ3n) is 10.0. The first kappa shape index (κ1) is 30.2. The number of hydrogen-bond donors (Lipinski definition) is 0. The molecule has 0 radical (unpaired) electrons. The third kappa shape index (κ3) is 5.08. The minimum absolute atomic E-state index is 1.28. The van der Waals surface area contributed by atoms with Gasteiger partial charge in [0.05, 0.1) is 0 Å². The lowest BCUT2D eigenvalue weighted by Crippen LogP contribution is -1.95. The van der Waals surface area contributed by atoms with Gasteiger partial charge in [-0.25, -0.2) is 0 Å². The molecule has 0 atom stereocenters. The van der Waals surface area contributed by atoms with E-state index in [1.165, 1.54) is 121 Å². The molecule has 8 aromatic carbocycles. The van der Waals surface area contributed by atoms with Crippen LogP contribution in [0.2, 0.25) is 0 Å². The lowest BCUT2D eigenvalue weighted by Gasteiger charge is -2.22. The molecule has 0 nitrogen and oxygen atoms in total. The van der Waals surface area contributed by atoms with Crippen LogP contribution in [-0.4, -0.2) is 0 Å². The Kier molecular flexibility index (Phi) is 7.04. The molecule has 0 unspecified atom stereocenters. The molecule has 0 saturated heterocycles. The van der Waals surface area contributed by atoms with Crippen LogP contribution in [0.4, 0.5) is 0 Å². The molecule has 0 fully saturated rings. The second kappa shape index (κ2) is 11.2. The van der Waals surface area contributed by atoms with E-state index < -0.39 is 0 Å². The van der Waals surface area contributed by atoms with Crippen molar-refractivity contribution in [3.05, 3.63) is 154 Å². The molecule has 48 heavy (non-hydrogen) atoms. The Balaban J connectivity index is 1.60. The molecule has 0 spiro atoms. The maximum Gasteiger partial charge on any atom is -0.00139 e. The van der Waals surface area contributed by atoms with E-state index in [-0.39, 0.29) is 0 Å². The summed E-state index contributed by atoms with van der Waals surface area (Å²) in [4.78, 5) is 0. The molecule has 0 amide bonds. The van der Waals surface area contributed by atoms with Gasteiger partial charge in [-0.1, -0.05) is 142 Å². The first-order valence-electron chi connectivity index (χ1n) is 17.2. The smallest absolute Gasteiger partial charge is 0.00139 e. The predicted molar refractivity (Wildman–Crippen MR) is 210 cm³/mol. The van der Waals surface area contributed by atoms with Crippen LogP contribution in [0.15, 0.2) is 109 Å². The normalized spacial score (nSPS) is 11.8. The number of benzene rings is 8. The van der Waals surface area contributed by atoms with Crippen LogP contribution in [0.25, 0.3) is 76.8 Å². The average Bonchev–Trinajstić information content (AvgIpc) is 3.01. The van der Waals surface area contributed by atoms with E-state index in [0.29, 0.717) is 0 Å². The fourth-order valence-electron chi connectivity index (χ4n) is 8.47. The Hall–Kier alpha value is -5.20.